The lowest BCUT2D eigenvalue weighted by atomic mass is 10.0. The Morgan fingerprint density at radius 1 is 1.39 bits per heavy atom. The van der Waals surface area contributed by atoms with E-state index < -0.39 is 6.04 Å². The maximum Gasteiger partial charge on any atom is 0.262 e. The predicted octanol–water partition coefficient (Wildman–Crippen LogP) is 2.03. The van der Waals surface area contributed by atoms with Crippen LogP contribution in [0.5, 0.6) is 0 Å². The Hall–Kier alpha value is -1.36. The molecule has 1 atom stereocenters. The topological polar surface area (TPSA) is 58.2 Å². The Bertz CT molecular complexity index is 388. The van der Waals surface area contributed by atoms with Crippen molar-refractivity contribution < 1.29 is 9.59 Å². The van der Waals surface area contributed by atoms with Crippen molar-refractivity contribution in [3.05, 3.63) is 22.4 Å². The van der Waals surface area contributed by atoms with E-state index in [1.165, 1.54) is 11.3 Å². The summed E-state index contributed by atoms with van der Waals surface area (Å²) in [5.74, 6) is -0.238. The molecule has 1 heterocycles. The summed E-state index contributed by atoms with van der Waals surface area (Å²) in [6, 6.07) is 3.09. The highest BCUT2D eigenvalue weighted by Gasteiger charge is 2.24. The monoisotopic (exact) mass is 268 g/mol. The van der Waals surface area contributed by atoms with Gasteiger partial charge in [0.05, 0.1) is 4.88 Å². The maximum atomic E-state index is 11.9. The van der Waals surface area contributed by atoms with E-state index in [1.807, 2.05) is 32.2 Å². The largest absolute Gasteiger partial charge is 0.354 e. The fourth-order valence-electron chi connectivity index (χ4n) is 1.51. The molecule has 0 saturated carbocycles. The molecule has 1 rings (SSSR count). The normalized spacial score (nSPS) is 12.2. The molecule has 100 valence electrons. The van der Waals surface area contributed by atoms with Crippen LogP contribution in [0.2, 0.25) is 0 Å². The van der Waals surface area contributed by atoms with Gasteiger partial charge in [0.1, 0.15) is 6.04 Å². The molecule has 0 radical (unpaired) electrons. The van der Waals surface area contributed by atoms with Crippen LogP contribution in [0.25, 0.3) is 0 Å². The van der Waals surface area contributed by atoms with E-state index in [4.69, 9.17) is 0 Å². The summed E-state index contributed by atoms with van der Waals surface area (Å²) in [6.45, 7) is 6.47. The molecule has 0 fully saturated rings. The van der Waals surface area contributed by atoms with Crippen LogP contribution in [0.15, 0.2) is 17.5 Å². The van der Waals surface area contributed by atoms with Crippen LogP contribution >= 0.6 is 11.3 Å². The first-order chi connectivity index (χ1) is 8.56. The number of hydrogen-bond acceptors (Lipinski definition) is 3. The van der Waals surface area contributed by atoms with Crippen molar-refractivity contribution in [2.75, 3.05) is 6.54 Å². The van der Waals surface area contributed by atoms with Crippen LogP contribution < -0.4 is 10.6 Å². The zero-order valence-corrected chi connectivity index (χ0v) is 11.8. The van der Waals surface area contributed by atoms with Gasteiger partial charge in [-0.2, -0.15) is 0 Å². The van der Waals surface area contributed by atoms with Gasteiger partial charge in [-0.05, 0) is 23.8 Å². The molecular weight excluding hydrogens is 248 g/mol. The SMILES string of the molecule is CCCNC(=O)C(NC(=O)c1cccs1)C(C)C. The van der Waals surface area contributed by atoms with E-state index in [0.29, 0.717) is 11.4 Å². The molecular formula is C13H20N2O2S. The van der Waals surface area contributed by atoms with Gasteiger partial charge in [-0.15, -0.1) is 11.3 Å². The second kappa shape index (κ2) is 7.16. The van der Waals surface area contributed by atoms with E-state index in [1.54, 1.807) is 6.07 Å². The molecule has 0 aliphatic rings. The number of hydrogen-bond donors (Lipinski definition) is 2. The van der Waals surface area contributed by atoms with E-state index in [-0.39, 0.29) is 17.7 Å². The van der Waals surface area contributed by atoms with Gasteiger partial charge in [0.25, 0.3) is 5.91 Å². The van der Waals surface area contributed by atoms with Crippen LogP contribution in [0.3, 0.4) is 0 Å². The highest BCUT2D eigenvalue weighted by atomic mass is 32.1. The van der Waals surface area contributed by atoms with Gasteiger partial charge in [0.2, 0.25) is 5.91 Å². The summed E-state index contributed by atoms with van der Waals surface area (Å²) in [4.78, 5) is 24.5. The quantitative estimate of drug-likeness (QED) is 0.829. The Kier molecular flexibility index (Phi) is 5.85. The smallest absolute Gasteiger partial charge is 0.262 e. The zero-order chi connectivity index (χ0) is 13.5. The molecule has 2 amide bonds. The van der Waals surface area contributed by atoms with E-state index in [2.05, 4.69) is 10.6 Å². The van der Waals surface area contributed by atoms with Crippen molar-refractivity contribution in [1.29, 1.82) is 0 Å². The lowest BCUT2D eigenvalue weighted by Gasteiger charge is -2.21. The van der Waals surface area contributed by atoms with Crippen LogP contribution in [-0.4, -0.2) is 24.4 Å². The minimum absolute atomic E-state index is 0.0609. The van der Waals surface area contributed by atoms with Gasteiger partial charge in [-0.1, -0.05) is 26.8 Å². The molecule has 0 saturated heterocycles. The molecule has 0 aromatic carbocycles. The number of amides is 2. The van der Waals surface area contributed by atoms with Crippen molar-refractivity contribution in [3.8, 4) is 0 Å². The summed E-state index contributed by atoms with van der Waals surface area (Å²) in [5.41, 5.74) is 0. The zero-order valence-electron chi connectivity index (χ0n) is 11.0. The molecule has 1 unspecified atom stereocenters. The minimum Gasteiger partial charge on any atom is -0.354 e. The second-order valence-electron chi connectivity index (χ2n) is 4.46. The second-order valence-corrected chi connectivity index (χ2v) is 5.41. The number of thiophene rings is 1. The molecule has 0 aliphatic heterocycles. The maximum absolute atomic E-state index is 11.9. The van der Waals surface area contributed by atoms with Crippen molar-refractivity contribution in [2.45, 2.75) is 33.2 Å². The van der Waals surface area contributed by atoms with Crippen molar-refractivity contribution in [1.82, 2.24) is 10.6 Å². The summed E-state index contributed by atoms with van der Waals surface area (Å²) >= 11 is 1.37. The third-order valence-electron chi connectivity index (χ3n) is 2.53. The van der Waals surface area contributed by atoms with Gasteiger partial charge >= 0.3 is 0 Å². The fourth-order valence-corrected chi connectivity index (χ4v) is 2.14. The van der Waals surface area contributed by atoms with Gasteiger partial charge < -0.3 is 10.6 Å². The summed E-state index contributed by atoms with van der Waals surface area (Å²) in [6.07, 6.45) is 0.884. The van der Waals surface area contributed by atoms with Crippen LogP contribution in [0.4, 0.5) is 0 Å². The van der Waals surface area contributed by atoms with E-state index in [9.17, 15) is 9.59 Å². The molecule has 1 aromatic heterocycles. The Morgan fingerprint density at radius 3 is 2.61 bits per heavy atom. The fraction of sp³-hybridized carbons (Fsp3) is 0.538. The number of nitrogens with one attached hydrogen (secondary N) is 2. The van der Waals surface area contributed by atoms with Crippen LogP contribution in [0.1, 0.15) is 36.9 Å². The highest BCUT2D eigenvalue weighted by Crippen LogP contribution is 2.10. The molecule has 1 aromatic rings. The molecule has 2 N–H and O–H groups in total. The van der Waals surface area contributed by atoms with Crippen molar-refractivity contribution in [2.24, 2.45) is 5.92 Å². The molecule has 4 nitrogen and oxygen atoms in total. The lowest BCUT2D eigenvalue weighted by Crippen LogP contribution is -2.49. The molecule has 0 aliphatic carbocycles. The van der Waals surface area contributed by atoms with Gasteiger partial charge in [-0.3, -0.25) is 9.59 Å². The number of rotatable bonds is 6. The highest BCUT2D eigenvalue weighted by molar-refractivity contribution is 7.12. The first-order valence-corrected chi connectivity index (χ1v) is 7.06. The molecule has 0 spiro atoms. The van der Waals surface area contributed by atoms with Gasteiger partial charge in [0.15, 0.2) is 0 Å². The third kappa shape index (κ3) is 4.14. The third-order valence-corrected chi connectivity index (χ3v) is 3.40. The Balaban J connectivity index is 2.63. The van der Waals surface area contributed by atoms with Gasteiger partial charge in [-0.25, -0.2) is 0 Å². The average molecular weight is 268 g/mol. The summed E-state index contributed by atoms with van der Waals surface area (Å²) in [5, 5.41) is 7.44. The summed E-state index contributed by atoms with van der Waals surface area (Å²) < 4.78 is 0. The standard InChI is InChI=1S/C13H20N2O2S/c1-4-7-14-13(17)11(9(2)3)15-12(16)10-6-5-8-18-10/h5-6,8-9,11H,4,7H2,1-3H3,(H,14,17)(H,15,16). The Morgan fingerprint density at radius 2 is 2.11 bits per heavy atom. The number of carbonyl (C=O) groups is 2. The minimum atomic E-state index is -0.480. The molecule has 0 bridgehead atoms. The van der Waals surface area contributed by atoms with Crippen molar-refractivity contribution >= 4 is 23.2 Å². The first kappa shape index (κ1) is 14.7. The van der Waals surface area contributed by atoms with E-state index in [0.717, 1.165) is 6.42 Å². The first-order valence-electron chi connectivity index (χ1n) is 6.18. The Labute approximate surface area is 112 Å². The van der Waals surface area contributed by atoms with Crippen LogP contribution in [-0.2, 0) is 4.79 Å². The number of carbonyl (C=O) groups excluding carboxylic acids is 2. The van der Waals surface area contributed by atoms with Crippen molar-refractivity contribution in [3.63, 3.8) is 0 Å². The molecule has 5 heteroatoms. The van der Waals surface area contributed by atoms with E-state index >= 15 is 0 Å². The predicted molar refractivity (Wildman–Crippen MR) is 73.7 cm³/mol. The van der Waals surface area contributed by atoms with Crippen LogP contribution in [0, 0.1) is 5.92 Å². The molecule has 18 heavy (non-hydrogen) atoms. The average Bonchev–Trinajstić information content (AvgIpc) is 2.86. The lowest BCUT2D eigenvalue weighted by molar-refractivity contribution is -0.123. The summed E-state index contributed by atoms with van der Waals surface area (Å²) in [7, 11) is 0. The van der Waals surface area contributed by atoms with Gasteiger partial charge in [0, 0.05) is 6.54 Å².